The Labute approximate surface area is 164 Å². The third-order valence-electron chi connectivity index (χ3n) is 4.77. The minimum Gasteiger partial charge on any atom is -0.497 e. The highest BCUT2D eigenvalue weighted by molar-refractivity contribution is 5.98. The van der Waals surface area contributed by atoms with Crippen molar-refractivity contribution in [3.8, 4) is 5.75 Å². The summed E-state index contributed by atoms with van der Waals surface area (Å²) in [5.41, 5.74) is 2.19. The number of anilines is 1. The van der Waals surface area contributed by atoms with Gasteiger partial charge in [-0.3, -0.25) is 9.59 Å². The number of carbonyl (C=O) groups is 2. The predicted octanol–water partition coefficient (Wildman–Crippen LogP) is 4.29. The fourth-order valence-corrected chi connectivity index (χ4v) is 2.99. The normalized spacial score (nSPS) is 11.7. The second kappa shape index (κ2) is 8.13. The summed E-state index contributed by atoms with van der Waals surface area (Å²) in [4.78, 5) is 26.1. The molecule has 0 bridgehead atoms. The van der Waals surface area contributed by atoms with E-state index in [1.165, 1.54) is 4.90 Å². The minimum atomic E-state index is -0.311. The first-order valence-corrected chi connectivity index (χ1v) is 9.09. The molecule has 0 saturated heterocycles. The molecule has 144 valence electrons. The standard InChI is InChI=1S/C23H24N2O3/c1-15(17-5-6-19-14-21(28-4)12-9-18(19)13-17)22(26)24-20-10-7-16(8-11-20)23(27)25(2)3/h5-15H,1-4H3,(H,24,26)/t15-/m1/s1. The van der Waals surface area contributed by atoms with Gasteiger partial charge >= 0.3 is 0 Å². The molecule has 0 saturated carbocycles. The Morgan fingerprint density at radius 2 is 1.57 bits per heavy atom. The average Bonchev–Trinajstić information content (AvgIpc) is 2.72. The second-order valence-electron chi connectivity index (χ2n) is 6.96. The molecule has 0 fully saturated rings. The molecule has 5 nitrogen and oxygen atoms in total. The van der Waals surface area contributed by atoms with Crippen LogP contribution in [0.15, 0.2) is 60.7 Å². The third-order valence-corrected chi connectivity index (χ3v) is 4.77. The molecule has 1 N–H and O–H groups in total. The Morgan fingerprint density at radius 3 is 2.21 bits per heavy atom. The number of amides is 2. The van der Waals surface area contributed by atoms with E-state index >= 15 is 0 Å². The molecule has 0 aliphatic rings. The van der Waals surface area contributed by atoms with Gasteiger partial charge in [-0.15, -0.1) is 0 Å². The topological polar surface area (TPSA) is 58.6 Å². The molecule has 0 radical (unpaired) electrons. The Kier molecular flexibility index (Phi) is 5.64. The van der Waals surface area contributed by atoms with E-state index in [0.717, 1.165) is 22.1 Å². The van der Waals surface area contributed by atoms with Gasteiger partial charge in [-0.1, -0.05) is 24.3 Å². The maximum absolute atomic E-state index is 12.7. The van der Waals surface area contributed by atoms with Crippen LogP contribution in [0.25, 0.3) is 10.8 Å². The molecule has 0 aliphatic carbocycles. The summed E-state index contributed by atoms with van der Waals surface area (Å²) in [5.74, 6) is 0.329. The van der Waals surface area contributed by atoms with Gasteiger partial charge in [0.05, 0.1) is 13.0 Å². The Morgan fingerprint density at radius 1 is 0.929 bits per heavy atom. The van der Waals surface area contributed by atoms with Gasteiger partial charge in [0.2, 0.25) is 5.91 Å². The van der Waals surface area contributed by atoms with E-state index in [0.29, 0.717) is 11.3 Å². The quantitative estimate of drug-likeness (QED) is 0.723. The van der Waals surface area contributed by atoms with Gasteiger partial charge in [0.15, 0.2) is 0 Å². The van der Waals surface area contributed by atoms with E-state index in [2.05, 4.69) is 5.32 Å². The molecule has 0 unspecified atom stereocenters. The number of rotatable bonds is 5. The number of fused-ring (bicyclic) bond motifs is 1. The maximum atomic E-state index is 12.7. The smallest absolute Gasteiger partial charge is 0.253 e. The molecule has 0 heterocycles. The van der Waals surface area contributed by atoms with Crippen LogP contribution in [0.2, 0.25) is 0 Å². The van der Waals surface area contributed by atoms with Crippen LogP contribution in [0, 0.1) is 0 Å². The van der Waals surface area contributed by atoms with Crippen molar-refractivity contribution in [3.63, 3.8) is 0 Å². The van der Waals surface area contributed by atoms with Crippen molar-refractivity contribution in [1.29, 1.82) is 0 Å². The number of benzene rings is 3. The molecule has 28 heavy (non-hydrogen) atoms. The number of nitrogens with one attached hydrogen (secondary N) is 1. The fourth-order valence-electron chi connectivity index (χ4n) is 2.99. The van der Waals surface area contributed by atoms with Gasteiger partial charge < -0.3 is 15.0 Å². The van der Waals surface area contributed by atoms with E-state index in [9.17, 15) is 9.59 Å². The van der Waals surface area contributed by atoms with Gasteiger partial charge in [0.25, 0.3) is 5.91 Å². The van der Waals surface area contributed by atoms with E-state index in [1.807, 2.05) is 43.3 Å². The number of methoxy groups -OCH3 is 1. The van der Waals surface area contributed by atoms with Gasteiger partial charge in [-0.05, 0) is 59.7 Å². The third kappa shape index (κ3) is 4.14. The zero-order valence-electron chi connectivity index (χ0n) is 16.5. The van der Waals surface area contributed by atoms with E-state index in [-0.39, 0.29) is 17.7 Å². The number of hydrogen-bond acceptors (Lipinski definition) is 3. The van der Waals surface area contributed by atoms with E-state index < -0.39 is 0 Å². The molecular weight excluding hydrogens is 352 g/mol. The van der Waals surface area contributed by atoms with Crippen molar-refractivity contribution in [2.45, 2.75) is 12.8 Å². The lowest BCUT2D eigenvalue weighted by atomic mass is 9.97. The Balaban J connectivity index is 1.73. The van der Waals surface area contributed by atoms with Gasteiger partial charge in [-0.2, -0.15) is 0 Å². The summed E-state index contributed by atoms with van der Waals surface area (Å²) < 4.78 is 5.25. The first kappa shape index (κ1) is 19.4. The minimum absolute atomic E-state index is 0.0703. The molecule has 0 aliphatic heterocycles. The summed E-state index contributed by atoms with van der Waals surface area (Å²) in [7, 11) is 5.06. The van der Waals surface area contributed by atoms with Crippen molar-refractivity contribution in [1.82, 2.24) is 4.90 Å². The number of hydrogen-bond donors (Lipinski definition) is 1. The lowest BCUT2D eigenvalue weighted by molar-refractivity contribution is -0.117. The number of nitrogens with zero attached hydrogens (tertiary/aromatic N) is 1. The summed E-state index contributed by atoms with van der Waals surface area (Å²) in [5, 5.41) is 5.04. The molecule has 0 spiro atoms. The van der Waals surface area contributed by atoms with Gasteiger partial charge in [0, 0.05) is 25.3 Å². The first-order chi connectivity index (χ1) is 13.4. The van der Waals surface area contributed by atoms with Crippen LogP contribution in [0.3, 0.4) is 0 Å². The van der Waals surface area contributed by atoms with Crippen LogP contribution in [0.1, 0.15) is 28.8 Å². The predicted molar refractivity (Wildman–Crippen MR) is 112 cm³/mol. The lowest BCUT2D eigenvalue weighted by Gasteiger charge is -2.14. The van der Waals surface area contributed by atoms with Crippen molar-refractivity contribution < 1.29 is 14.3 Å². The molecule has 1 atom stereocenters. The highest BCUT2D eigenvalue weighted by Crippen LogP contribution is 2.26. The largest absolute Gasteiger partial charge is 0.497 e. The average molecular weight is 376 g/mol. The first-order valence-electron chi connectivity index (χ1n) is 9.09. The zero-order chi connectivity index (χ0) is 20.3. The van der Waals surface area contributed by atoms with Crippen LogP contribution in [-0.2, 0) is 4.79 Å². The monoisotopic (exact) mass is 376 g/mol. The second-order valence-corrected chi connectivity index (χ2v) is 6.96. The Hall–Kier alpha value is -3.34. The van der Waals surface area contributed by atoms with Gasteiger partial charge in [0.1, 0.15) is 5.75 Å². The molecule has 3 aromatic carbocycles. The van der Waals surface area contributed by atoms with Gasteiger partial charge in [-0.25, -0.2) is 0 Å². The summed E-state index contributed by atoms with van der Waals surface area (Å²) in [6.07, 6.45) is 0. The summed E-state index contributed by atoms with van der Waals surface area (Å²) in [6.45, 7) is 1.88. The molecule has 2 amide bonds. The van der Waals surface area contributed by atoms with Crippen molar-refractivity contribution in [2.75, 3.05) is 26.5 Å². The summed E-state index contributed by atoms with van der Waals surface area (Å²) in [6, 6.07) is 18.8. The fraction of sp³-hybridized carbons (Fsp3) is 0.217. The van der Waals surface area contributed by atoms with Crippen LogP contribution in [0.5, 0.6) is 5.75 Å². The molecule has 0 aromatic heterocycles. The van der Waals surface area contributed by atoms with E-state index in [1.54, 1.807) is 45.5 Å². The van der Waals surface area contributed by atoms with E-state index in [4.69, 9.17) is 4.74 Å². The maximum Gasteiger partial charge on any atom is 0.253 e. The zero-order valence-corrected chi connectivity index (χ0v) is 16.5. The molecule has 5 heteroatoms. The number of ether oxygens (including phenoxy) is 1. The SMILES string of the molecule is COc1ccc2cc([C@@H](C)C(=O)Nc3ccc(C(=O)N(C)C)cc3)ccc2c1. The molecular formula is C23H24N2O3. The highest BCUT2D eigenvalue weighted by atomic mass is 16.5. The van der Waals surface area contributed by atoms with Crippen LogP contribution < -0.4 is 10.1 Å². The van der Waals surface area contributed by atoms with Crippen molar-refractivity contribution in [3.05, 3.63) is 71.8 Å². The highest BCUT2D eigenvalue weighted by Gasteiger charge is 2.16. The summed E-state index contributed by atoms with van der Waals surface area (Å²) >= 11 is 0. The van der Waals surface area contributed by atoms with Crippen molar-refractivity contribution >= 4 is 28.3 Å². The van der Waals surface area contributed by atoms with Crippen LogP contribution in [-0.4, -0.2) is 37.9 Å². The number of carbonyl (C=O) groups excluding carboxylic acids is 2. The lowest BCUT2D eigenvalue weighted by Crippen LogP contribution is -2.22. The molecule has 3 aromatic rings. The van der Waals surface area contributed by atoms with Crippen molar-refractivity contribution in [2.24, 2.45) is 0 Å². The van der Waals surface area contributed by atoms with Crippen LogP contribution in [0.4, 0.5) is 5.69 Å². The van der Waals surface area contributed by atoms with Crippen LogP contribution >= 0.6 is 0 Å². The Bertz CT molecular complexity index is 1010. The molecule has 3 rings (SSSR count).